The van der Waals surface area contributed by atoms with Crippen LogP contribution < -0.4 is 10.6 Å². The zero-order valence-electron chi connectivity index (χ0n) is 19.2. The SMILES string of the molecule is CC[C@H](NC)C(=O)N[C@H](C(=O)N1CCC(O)[C@@H]1Cc1c[nH]c2ccccc12)C(C)(C)C. The average Bonchev–Trinajstić information content (AvgIpc) is 3.30. The van der Waals surface area contributed by atoms with Crippen molar-refractivity contribution in [3.05, 3.63) is 36.0 Å². The number of hydrogen-bond acceptors (Lipinski definition) is 4. The van der Waals surface area contributed by atoms with Crippen LogP contribution in [0.5, 0.6) is 0 Å². The summed E-state index contributed by atoms with van der Waals surface area (Å²) in [6, 6.07) is 6.71. The molecule has 1 unspecified atom stereocenters. The third kappa shape index (κ3) is 4.93. The minimum atomic E-state index is -0.668. The van der Waals surface area contributed by atoms with E-state index in [4.69, 9.17) is 0 Å². The highest BCUT2D eigenvalue weighted by Crippen LogP contribution is 2.29. The van der Waals surface area contributed by atoms with Gasteiger partial charge in [-0.25, -0.2) is 0 Å². The predicted molar refractivity (Wildman–Crippen MR) is 123 cm³/mol. The Labute approximate surface area is 184 Å². The number of aromatic nitrogens is 1. The Morgan fingerprint density at radius 2 is 2.00 bits per heavy atom. The molecule has 0 bridgehead atoms. The summed E-state index contributed by atoms with van der Waals surface area (Å²) in [6.45, 7) is 8.29. The predicted octanol–water partition coefficient (Wildman–Crippen LogP) is 2.20. The summed E-state index contributed by atoms with van der Waals surface area (Å²) in [5.74, 6) is -0.306. The number of aromatic amines is 1. The standard InChI is InChI=1S/C24H36N4O3/c1-6-17(25-5)22(30)27-21(24(2,3)4)23(31)28-12-11-20(29)19(28)13-15-14-26-18-10-8-7-9-16(15)18/h7-10,14,17,19-21,25-26,29H,6,11-13H2,1-5H3,(H,27,30)/t17-,19-,20?,21+/m0/s1. The number of likely N-dealkylation sites (N-methyl/N-ethyl adjacent to an activating group) is 1. The van der Waals surface area contributed by atoms with Crippen molar-refractivity contribution in [1.29, 1.82) is 0 Å². The molecular weight excluding hydrogens is 392 g/mol. The molecule has 31 heavy (non-hydrogen) atoms. The van der Waals surface area contributed by atoms with E-state index in [0.29, 0.717) is 25.8 Å². The summed E-state index contributed by atoms with van der Waals surface area (Å²) in [5, 5.41) is 17.8. The quantitative estimate of drug-likeness (QED) is 0.544. The van der Waals surface area contributed by atoms with E-state index in [1.54, 1.807) is 11.9 Å². The molecule has 3 rings (SSSR count). The highest BCUT2D eigenvalue weighted by Gasteiger charge is 2.43. The second-order valence-electron chi connectivity index (χ2n) is 9.58. The van der Waals surface area contributed by atoms with Gasteiger partial charge < -0.3 is 25.6 Å². The number of carbonyl (C=O) groups is 2. The number of hydrogen-bond donors (Lipinski definition) is 4. The van der Waals surface area contributed by atoms with Crippen LogP contribution in [0.4, 0.5) is 0 Å². The maximum Gasteiger partial charge on any atom is 0.246 e. The fraction of sp³-hybridized carbons (Fsp3) is 0.583. The zero-order chi connectivity index (χ0) is 22.8. The van der Waals surface area contributed by atoms with Gasteiger partial charge in [-0.05, 0) is 43.4 Å². The first-order valence-corrected chi connectivity index (χ1v) is 11.2. The van der Waals surface area contributed by atoms with Gasteiger partial charge >= 0.3 is 0 Å². The molecule has 170 valence electrons. The molecule has 2 amide bonds. The van der Waals surface area contributed by atoms with Crippen LogP contribution in [0.15, 0.2) is 30.5 Å². The zero-order valence-corrected chi connectivity index (χ0v) is 19.2. The number of carbonyl (C=O) groups excluding carboxylic acids is 2. The monoisotopic (exact) mass is 428 g/mol. The number of benzene rings is 1. The molecule has 0 spiro atoms. The van der Waals surface area contributed by atoms with Crippen molar-refractivity contribution < 1.29 is 14.7 Å². The number of aliphatic hydroxyl groups is 1. The minimum absolute atomic E-state index is 0.131. The summed E-state index contributed by atoms with van der Waals surface area (Å²) in [5.41, 5.74) is 1.66. The van der Waals surface area contributed by atoms with Gasteiger partial charge in [-0.1, -0.05) is 45.9 Å². The first-order chi connectivity index (χ1) is 14.7. The first kappa shape index (κ1) is 23.3. The topological polar surface area (TPSA) is 97.5 Å². The fourth-order valence-electron chi connectivity index (χ4n) is 4.46. The number of nitrogens with zero attached hydrogens (tertiary/aromatic N) is 1. The summed E-state index contributed by atoms with van der Waals surface area (Å²) in [4.78, 5) is 31.4. The Morgan fingerprint density at radius 1 is 1.29 bits per heavy atom. The molecule has 1 aromatic carbocycles. The molecular formula is C24H36N4O3. The molecule has 1 aliphatic heterocycles. The molecule has 0 saturated carbocycles. The molecule has 7 heteroatoms. The fourth-order valence-corrected chi connectivity index (χ4v) is 4.46. The van der Waals surface area contributed by atoms with Gasteiger partial charge in [0.2, 0.25) is 11.8 Å². The van der Waals surface area contributed by atoms with Crippen molar-refractivity contribution >= 4 is 22.7 Å². The van der Waals surface area contributed by atoms with Gasteiger partial charge in [-0.3, -0.25) is 9.59 Å². The van der Waals surface area contributed by atoms with Crippen LogP contribution in [0, 0.1) is 5.41 Å². The smallest absolute Gasteiger partial charge is 0.246 e. The van der Waals surface area contributed by atoms with Crippen LogP contribution in [-0.4, -0.2) is 64.6 Å². The summed E-state index contributed by atoms with van der Waals surface area (Å²) < 4.78 is 0. The van der Waals surface area contributed by atoms with E-state index >= 15 is 0 Å². The van der Waals surface area contributed by atoms with E-state index in [-0.39, 0.29) is 23.9 Å². The molecule has 4 atom stereocenters. The van der Waals surface area contributed by atoms with Crippen LogP contribution in [0.25, 0.3) is 10.9 Å². The second kappa shape index (κ2) is 9.40. The van der Waals surface area contributed by atoms with Gasteiger partial charge in [0.25, 0.3) is 0 Å². The third-order valence-electron chi connectivity index (χ3n) is 6.37. The Hall–Kier alpha value is -2.38. The second-order valence-corrected chi connectivity index (χ2v) is 9.58. The van der Waals surface area contributed by atoms with Crippen LogP contribution in [0.3, 0.4) is 0 Å². The molecule has 0 aliphatic carbocycles. The lowest BCUT2D eigenvalue weighted by Gasteiger charge is -2.36. The van der Waals surface area contributed by atoms with Gasteiger partial charge in [-0.15, -0.1) is 0 Å². The molecule has 4 N–H and O–H groups in total. The molecule has 1 fully saturated rings. The summed E-state index contributed by atoms with van der Waals surface area (Å²) in [7, 11) is 1.75. The number of fused-ring (bicyclic) bond motifs is 1. The molecule has 1 aromatic heterocycles. The normalized spacial score (nSPS) is 21.3. The molecule has 1 saturated heterocycles. The lowest BCUT2D eigenvalue weighted by Crippen LogP contribution is -2.59. The van der Waals surface area contributed by atoms with Crippen molar-refractivity contribution in [3.8, 4) is 0 Å². The number of aliphatic hydroxyl groups excluding tert-OH is 1. The number of likely N-dealkylation sites (tertiary alicyclic amines) is 1. The average molecular weight is 429 g/mol. The number of nitrogens with one attached hydrogen (secondary N) is 3. The molecule has 0 radical (unpaired) electrons. The lowest BCUT2D eigenvalue weighted by atomic mass is 9.85. The van der Waals surface area contributed by atoms with Crippen LogP contribution in [-0.2, 0) is 16.0 Å². The number of amides is 2. The largest absolute Gasteiger partial charge is 0.391 e. The van der Waals surface area contributed by atoms with E-state index in [9.17, 15) is 14.7 Å². The van der Waals surface area contributed by atoms with E-state index in [1.165, 1.54) is 0 Å². The van der Waals surface area contributed by atoms with E-state index in [1.807, 2.05) is 52.1 Å². The van der Waals surface area contributed by atoms with E-state index in [0.717, 1.165) is 16.5 Å². The highest BCUT2D eigenvalue weighted by molar-refractivity contribution is 5.91. The Morgan fingerprint density at radius 3 is 2.65 bits per heavy atom. The highest BCUT2D eigenvalue weighted by atomic mass is 16.3. The van der Waals surface area contributed by atoms with Gasteiger partial charge in [-0.2, -0.15) is 0 Å². The van der Waals surface area contributed by atoms with Crippen LogP contribution in [0.2, 0.25) is 0 Å². The molecule has 2 aromatic rings. The van der Waals surface area contributed by atoms with Gasteiger partial charge in [0.15, 0.2) is 0 Å². The Balaban J connectivity index is 1.83. The van der Waals surface area contributed by atoms with Crippen molar-refractivity contribution in [2.75, 3.05) is 13.6 Å². The van der Waals surface area contributed by atoms with Crippen molar-refractivity contribution in [2.24, 2.45) is 5.41 Å². The Kier molecular flexibility index (Phi) is 7.06. The maximum absolute atomic E-state index is 13.6. The molecule has 7 nitrogen and oxygen atoms in total. The lowest BCUT2D eigenvalue weighted by molar-refractivity contribution is -0.141. The summed E-state index contributed by atoms with van der Waals surface area (Å²) in [6.07, 6.45) is 3.11. The first-order valence-electron chi connectivity index (χ1n) is 11.2. The van der Waals surface area contributed by atoms with Gasteiger partial charge in [0, 0.05) is 23.6 Å². The van der Waals surface area contributed by atoms with E-state index in [2.05, 4.69) is 21.7 Å². The van der Waals surface area contributed by atoms with Crippen LogP contribution >= 0.6 is 0 Å². The van der Waals surface area contributed by atoms with Crippen LogP contribution in [0.1, 0.15) is 46.1 Å². The van der Waals surface area contributed by atoms with Crippen molar-refractivity contribution in [3.63, 3.8) is 0 Å². The van der Waals surface area contributed by atoms with Crippen molar-refractivity contribution in [1.82, 2.24) is 20.5 Å². The number of H-pyrrole nitrogens is 1. The van der Waals surface area contributed by atoms with Gasteiger partial charge in [0.1, 0.15) is 6.04 Å². The number of rotatable bonds is 7. The maximum atomic E-state index is 13.6. The molecule has 1 aliphatic rings. The van der Waals surface area contributed by atoms with E-state index < -0.39 is 17.6 Å². The van der Waals surface area contributed by atoms with Gasteiger partial charge in [0.05, 0.1) is 18.2 Å². The minimum Gasteiger partial charge on any atom is -0.391 e. The summed E-state index contributed by atoms with van der Waals surface area (Å²) >= 11 is 0. The molecule has 2 heterocycles. The van der Waals surface area contributed by atoms with Crippen molar-refractivity contribution in [2.45, 2.75) is 71.2 Å². The number of para-hydroxylation sites is 1. The third-order valence-corrected chi connectivity index (χ3v) is 6.37. The Bertz CT molecular complexity index is 913.